The molecule has 4 rings (SSSR count). The summed E-state index contributed by atoms with van der Waals surface area (Å²) in [5, 5.41) is 8.23. The average molecular weight is 381 g/mol. The summed E-state index contributed by atoms with van der Waals surface area (Å²) in [7, 11) is 1.99. The van der Waals surface area contributed by atoms with E-state index in [1.54, 1.807) is 24.5 Å². The lowest BCUT2D eigenvalue weighted by Gasteiger charge is -2.23. The second kappa shape index (κ2) is 6.74. The van der Waals surface area contributed by atoms with Crippen molar-refractivity contribution in [2.24, 2.45) is 0 Å². The molecule has 2 aromatic heterocycles. The first-order valence-electron chi connectivity index (χ1n) is 8.55. The minimum atomic E-state index is -0.220. The van der Waals surface area contributed by atoms with Crippen molar-refractivity contribution in [3.05, 3.63) is 60.0 Å². The number of allylic oxidation sites excluding steroid dienone is 2. The molecule has 0 radical (unpaired) electrons. The molecule has 0 unspecified atom stereocenters. The summed E-state index contributed by atoms with van der Waals surface area (Å²) in [5.74, 6) is 1.04. The maximum absolute atomic E-state index is 12.6. The molecule has 7 heteroatoms. The molecule has 0 saturated carbocycles. The van der Waals surface area contributed by atoms with Gasteiger partial charge in [0.1, 0.15) is 0 Å². The SMILES string of the molecule is CN1C(=CC(=O)CSc2nnc(-c3ccco3)o2)C(C)(C)c2ccccc21. The smallest absolute Gasteiger partial charge is 0.284 e. The molecular weight excluding hydrogens is 362 g/mol. The van der Waals surface area contributed by atoms with Gasteiger partial charge in [0.05, 0.1) is 12.0 Å². The van der Waals surface area contributed by atoms with E-state index in [4.69, 9.17) is 8.83 Å². The Morgan fingerprint density at radius 1 is 1.22 bits per heavy atom. The fourth-order valence-electron chi connectivity index (χ4n) is 3.35. The van der Waals surface area contributed by atoms with E-state index in [9.17, 15) is 4.79 Å². The first kappa shape index (κ1) is 17.6. The molecule has 138 valence electrons. The Hall–Kier alpha value is -2.80. The highest BCUT2D eigenvalue weighted by atomic mass is 32.2. The number of furan rings is 1. The predicted octanol–water partition coefficient (Wildman–Crippen LogP) is 4.30. The molecule has 6 nitrogen and oxygen atoms in total. The Bertz CT molecular complexity index is 1010. The number of ketones is 1. The number of anilines is 1. The van der Waals surface area contributed by atoms with Gasteiger partial charge in [0, 0.05) is 29.9 Å². The molecule has 0 saturated heterocycles. The standard InChI is InChI=1S/C20H19N3O3S/c1-20(2)14-7-4-5-8-15(14)23(3)17(20)11-13(24)12-27-19-22-21-18(26-19)16-9-6-10-25-16/h4-11H,12H2,1-3H3. The zero-order valence-corrected chi connectivity index (χ0v) is 16.1. The number of hydrogen-bond acceptors (Lipinski definition) is 7. The van der Waals surface area contributed by atoms with Crippen LogP contribution < -0.4 is 4.90 Å². The van der Waals surface area contributed by atoms with Gasteiger partial charge in [-0.25, -0.2) is 0 Å². The van der Waals surface area contributed by atoms with Crippen LogP contribution in [0.2, 0.25) is 0 Å². The van der Waals surface area contributed by atoms with E-state index in [0.29, 0.717) is 16.9 Å². The molecule has 0 aliphatic carbocycles. The first-order chi connectivity index (χ1) is 13.0. The van der Waals surface area contributed by atoms with Crippen molar-refractivity contribution in [1.29, 1.82) is 0 Å². The van der Waals surface area contributed by atoms with Gasteiger partial charge in [0.25, 0.3) is 11.1 Å². The van der Waals surface area contributed by atoms with Crippen molar-refractivity contribution in [3.63, 3.8) is 0 Å². The van der Waals surface area contributed by atoms with Crippen molar-refractivity contribution in [1.82, 2.24) is 10.2 Å². The number of likely N-dealkylation sites (N-methyl/N-ethyl adjacent to an activating group) is 1. The quantitative estimate of drug-likeness (QED) is 0.482. The Balaban J connectivity index is 1.47. The summed E-state index contributed by atoms with van der Waals surface area (Å²) in [4.78, 5) is 14.6. The lowest BCUT2D eigenvalue weighted by Crippen LogP contribution is -2.24. The fourth-order valence-corrected chi connectivity index (χ4v) is 3.94. The summed E-state index contributed by atoms with van der Waals surface area (Å²) >= 11 is 1.22. The molecule has 0 fully saturated rings. The molecular formula is C20H19N3O3S. The minimum absolute atomic E-state index is 0.000444. The number of para-hydroxylation sites is 1. The zero-order valence-electron chi connectivity index (χ0n) is 15.3. The maximum atomic E-state index is 12.6. The van der Waals surface area contributed by atoms with Crippen LogP contribution >= 0.6 is 11.8 Å². The number of fused-ring (bicyclic) bond motifs is 1. The average Bonchev–Trinajstić information content (AvgIpc) is 3.37. The molecule has 0 N–H and O–H groups in total. The number of hydrogen-bond donors (Lipinski definition) is 0. The largest absolute Gasteiger partial charge is 0.459 e. The molecule has 0 spiro atoms. The first-order valence-corrected chi connectivity index (χ1v) is 9.54. The van der Waals surface area contributed by atoms with E-state index in [-0.39, 0.29) is 17.0 Å². The van der Waals surface area contributed by atoms with Crippen LogP contribution in [0.1, 0.15) is 19.4 Å². The summed E-state index contributed by atoms with van der Waals surface area (Å²) < 4.78 is 10.7. The number of carbonyl (C=O) groups excluding carboxylic acids is 1. The molecule has 0 atom stereocenters. The summed E-state index contributed by atoms with van der Waals surface area (Å²) in [5.41, 5.74) is 3.12. The normalized spacial score (nSPS) is 16.7. The predicted molar refractivity (Wildman–Crippen MR) is 104 cm³/mol. The minimum Gasteiger partial charge on any atom is -0.459 e. The molecule has 1 aromatic carbocycles. The number of thioether (sulfide) groups is 1. The van der Waals surface area contributed by atoms with E-state index in [1.807, 2.05) is 19.2 Å². The van der Waals surface area contributed by atoms with Crippen LogP contribution in [-0.2, 0) is 10.2 Å². The Morgan fingerprint density at radius 3 is 2.78 bits per heavy atom. The highest BCUT2D eigenvalue weighted by molar-refractivity contribution is 7.99. The highest BCUT2D eigenvalue weighted by Crippen LogP contribution is 2.46. The van der Waals surface area contributed by atoms with Gasteiger partial charge in [-0.05, 0) is 23.8 Å². The number of aromatic nitrogens is 2. The summed E-state index contributed by atoms with van der Waals surface area (Å²) in [6.07, 6.45) is 3.26. The third-order valence-electron chi connectivity index (χ3n) is 4.71. The second-order valence-electron chi connectivity index (χ2n) is 6.84. The van der Waals surface area contributed by atoms with Crippen LogP contribution in [0.4, 0.5) is 5.69 Å². The van der Waals surface area contributed by atoms with Gasteiger partial charge in [-0.2, -0.15) is 0 Å². The summed E-state index contributed by atoms with van der Waals surface area (Å²) in [6.45, 7) is 4.27. The van der Waals surface area contributed by atoms with Crippen LogP contribution in [0.3, 0.4) is 0 Å². The Morgan fingerprint density at radius 2 is 2.04 bits per heavy atom. The zero-order chi connectivity index (χ0) is 19.0. The van der Waals surface area contributed by atoms with E-state index in [0.717, 1.165) is 11.4 Å². The molecule has 1 aliphatic heterocycles. The molecule has 27 heavy (non-hydrogen) atoms. The molecule has 3 heterocycles. The van der Waals surface area contributed by atoms with Crippen molar-refractivity contribution in [2.45, 2.75) is 24.5 Å². The van der Waals surface area contributed by atoms with Gasteiger partial charge >= 0.3 is 0 Å². The van der Waals surface area contributed by atoms with Crippen molar-refractivity contribution in [3.8, 4) is 11.7 Å². The summed E-state index contributed by atoms with van der Waals surface area (Å²) in [6, 6.07) is 11.7. The van der Waals surface area contributed by atoms with Gasteiger partial charge in [0.15, 0.2) is 11.5 Å². The Labute approximate surface area is 161 Å². The lowest BCUT2D eigenvalue weighted by molar-refractivity contribution is -0.112. The third-order valence-corrected chi connectivity index (χ3v) is 5.56. The molecule has 0 amide bonds. The van der Waals surface area contributed by atoms with Crippen LogP contribution in [0.25, 0.3) is 11.7 Å². The van der Waals surface area contributed by atoms with Gasteiger partial charge in [-0.15, -0.1) is 10.2 Å². The van der Waals surface area contributed by atoms with Gasteiger partial charge < -0.3 is 13.7 Å². The van der Waals surface area contributed by atoms with E-state index < -0.39 is 0 Å². The van der Waals surface area contributed by atoms with Gasteiger partial charge in [-0.1, -0.05) is 43.8 Å². The third kappa shape index (κ3) is 3.19. The molecule has 3 aromatic rings. The monoisotopic (exact) mass is 381 g/mol. The number of benzene rings is 1. The lowest BCUT2D eigenvalue weighted by atomic mass is 9.83. The van der Waals surface area contributed by atoms with Crippen LogP contribution in [0.15, 0.2) is 68.5 Å². The molecule has 1 aliphatic rings. The highest BCUT2D eigenvalue weighted by Gasteiger charge is 2.38. The number of carbonyl (C=O) groups is 1. The van der Waals surface area contributed by atoms with Crippen molar-refractivity contribution in [2.75, 3.05) is 17.7 Å². The van der Waals surface area contributed by atoms with Gasteiger partial charge in [-0.3, -0.25) is 4.79 Å². The maximum Gasteiger partial charge on any atom is 0.284 e. The van der Waals surface area contributed by atoms with Crippen LogP contribution in [0.5, 0.6) is 0 Å². The van der Waals surface area contributed by atoms with Crippen molar-refractivity contribution < 1.29 is 13.6 Å². The van der Waals surface area contributed by atoms with Crippen LogP contribution in [-0.4, -0.2) is 28.8 Å². The second-order valence-corrected chi connectivity index (χ2v) is 7.76. The van der Waals surface area contributed by atoms with E-state index >= 15 is 0 Å². The van der Waals surface area contributed by atoms with E-state index in [2.05, 4.69) is 41.1 Å². The number of rotatable bonds is 5. The van der Waals surface area contributed by atoms with E-state index in [1.165, 1.54) is 17.3 Å². The van der Waals surface area contributed by atoms with Gasteiger partial charge in [0.2, 0.25) is 0 Å². The Kier molecular flexibility index (Phi) is 4.39. The van der Waals surface area contributed by atoms with Crippen LogP contribution in [0, 0.1) is 0 Å². The fraction of sp³-hybridized carbons (Fsp3) is 0.250. The number of nitrogens with zero attached hydrogens (tertiary/aromatic N) is 3. The van der Waals surface area contributed by atoms with Crippen molar-refractivity contribution >= 4 is 23.2 Å². The topological polar surface area (TPSA) is 72.4 Å². The molecule has 0 bridgehead atoms.